The molecule has 0 saturated carbocycles. The number of ether oxygens (including phenoxy) is 1. The molecule has 3 nitrogen and oxygen atoms in total. The lowest BCUT2D eigenvalue weighted by atomic mass is 10.1. The molecule has 0 fully saturated rings. The van der Waals surface area contributed by atoms with Crippen molar-refractivity contribution in [2.75, 3.05) is 6.61 Å². The predicted molar refractivity (Wildman–Crippen MR) is 60.1 cm³/mol. The fraction of sp³-hybridized carbons (Fsp3) is 0.462. The molecule has 0 unspecified atom stereocenters. The first kappa shape index (κ1) is 12.6. The molecule has 0 aliphatic rings. The molecule has 0 N–H and O–H groups in total. The second-order valence-corrected chi connectivity index (χ2v) is 4.22. The fourth-order valence-electron chi connectivity index (χ4n) is 1.28. The molecule has 0 bridgehead atoms. The fourth-order valence-corrected chi connectivity index (χ4v) is 1.28. The first-order chi connectivity index (χ1) is 7.58. The zero-order chi connectivity index (χ0) is 12.0. The van der Waals surface area contributed by atoms with Crippen LogP contribution in [0.5, 0.6) is 5.75 Å². The summed E-state index contributed by atoms with van der Waals surface area (Å²) in [4.78, 5) is 10.4. The lowest BCUT2D eigenvalue weighted by molar-refractivity contribution is -0.304. The zero-order valence-electron chi connectivity index (χ0n) is 9.73. The molecule has 0 saturated heterocycles. The van der Waals surface area contributed by atoms with Crippen LogP contribution in [0.15, 0.2) is 24.3 Å². The third-order valence-electron chi connectivity index (χ3n) is 2.24. The lowest BCUT2D eigenvalue weighted by Crippen LogP contribution is -2.24. The summed E-state index contributed by atoms with van der Waals surface area (Å²) < 4.78 is 5.51. The molecular formula is C13H17O3-. The Morgan fingerprint density at radius 1 is 1.31 bits per heavy atom. The molecule has 0 spiro atoms. The van der Waals surface area contributed by atoms with Gasteiger partial charge in [-0.05, 0) is 30.0 Å². The molecule has 0 atom stereocenters. The van der Waals surface area contributed by atoms with Gasteiger partial charge in [0, 0.05) is 12.4 Å². The van der Waals surface area contributed by atoms with Crippen LogP contribution in [0.2, 0.25) is 0 Å². The van der Waals surface area contributed by atoms with Crippen LogP contribution in [0.25, 0.3) is 0 Å². The molecule has 0 aromatic heterocycles. The molecule has 0 heterocycles. The van der Waals surface area contributed by atoms with Gasteiger partial charge in [-0.25, -0.2) is 0 Å². The van der Waals surface area contributed by atoms with Crippen molar-refractivity contribution in [3.05, 3.63) is 29.8 Å². The number of aliphatic carboxylic acids is 1. The van der Waals surface area contributed by atoms with E-state index in [0.717, 1.165) is 17.7 Å². The van der Waals surface area contributed by atoms with Crippen molar-refractivity contribution < 1.29 is 14.6 Å². The van der Waals surface area contributed by atoms with Crippen molar-refractivity contribution >= 4 is 5.97 Å². The summed E-state index contributed by atoms with van der Waals surface area (Å²) in [7, 11) is 0. The standard InChI is InChI=1S/C13H18O3/c1-10(2)7-8-16-12-5-3-11(4-6-12)9-13(14)15/h3-6,10H,7-9H2,1-2H3,(H,14,15)/p-1. The summed E-state index contributed by atoms with van der Waals surface area (Å²) >= 11 is 0. The average molecular weight is 221 g/mol. The van der Waals surface area contributed by atoms with Crippen LogP contribution in [0.4, 0.5) is 0 Å². The van der Waals surface area contributed by atoms with Gasteiger partial charge >= 0.3 is 0 Å². The summed E-state index contributed by atoms with van der Waals surface area (Å²) in [6.07, 6.45) is 0.965. The third kappa shape index (κ3) is 4.82. The highest BCUT2D eigenvalue weighted by molar-refractivity contribution is 5.67. The number of rotatable bonds is 6. The van der Waals surface area contributed by atoms with Gasteiger partial charge in [0.2, 0.25) is 0 Å². The number of carboxylic acids is 1. The van der Waals surface area contributed by atoms with E-state index in [0.29, 0.717) is 12.5 Å². The second-order valence-electron chi connectivity index (χ2n) is 4.22. The molecule has 0 aliphatic carbocycles. The summed E-state index contributed by atoms with van der Waals surface area (Å²) in [6, 6.07) is 7.08. The van der Waals surface area contributed by atoms with E-state index < -0.39 is 5.97 Å². The molecule has 0 aliphatic heterocycles. The van der Waals surface area contributed by atoms with Gasteiger partial charge in [-0.15, -0.1) is 0 Å². The zero-order valence-corrected chi connectivity index (χ0v) is 9.73. The Kier molecular flexibility index (Phi) is 4.83. The lowest BCUT2D eigenvalue weighted by Gasteiger charge is -2.09. The number of carbonyl (C=O) groups excluding carboxylic acids is 1. The third-order valence-corrected chi connectivity index (χ3v) is 2.24. The Morgan fingerprint density at radius 3 is 2.44 bits per heavy atom. The van der Waals surface area contributed by atoms with Gasteiger partial charge in [0.25, 0.3) is 0 Å². The van der Waals surface area contributed by atoms with Gasteiger partial charge in [0.1, 0.15) is 5.75 Å². The van der Waals surface area contributed by atoms with Crippen LogP contribution in [0.1, 0.15) is 25.8 Å². The van der Waals surface area contributed by atoms with E-state index in [9.17, 15) is 9.90 Å². The van der Waals surface area contributed by atoms with Gasteiger partial charge in [0.15, 0.2) is 0 Å². The van der Waals surface area contributed by atoms with Gasteiger partial charge < -0.3 is 14.6 Å². The van der Waals surface area contributed by atoms with Crippen molar-refractivity contribution in [2.45, 2.75) is 26.7 Å². The molecule has 0 amide bonds. The average Bonchev–Trinajstić information content (AvgIpc) is 2.19. The van der Waals surface area contributed by atoms with Gasteiger partial charge in [0.05, 0.1) is 6.61 Å². The quantitative estimate of drug-likeness (QED) is 0.729. The van der Waals surface area contributed by atoms with Crippen molar-refractivity contribution in [1.29, 1.82) is 0 Å². The largest absolute Gasteiger partial charge is 0.550 e. The Labute approximate surface area is 96.1 Å². The number of benzene rings is 1. The summed E-state index contributed by atoms with van der Waals surface area (Å²) in [5, 5.41) is 10.4. The highest BCUT2D eigenvalue weighted by atomic mass is 16.5. The molecule has 1 aromatic carbocycles. The van der Waals surface area contributed by atoms with Crippen LogP contribution >= 0.6 is 0 Å². The van der Waals surface area contributed by atoms with E-state index in [1.54, 1.807) is 24.3 Å². The van der Waals surface area contributed by atoms with E-state index in [4.69, 9.17) is 4.74 Å². The predicted octanol–water partition coefficient (Wildman–Crippen LogP) is 1.40. The number of carboxylic acid groups (broad SMARTS) is 1. The SMILES string of the molecule is CC(C)CCOc1ccc(CC(=O)[O-])cc1. The molecule has 1 rings (SSSR count). The molecule has 1 aromatic rings. The molecule has 16 heavy (non-hydrogen) atoms. The maximum Gasteiger partial charge on any atom is 0.119 e. The topological polar surface area (TPSA) is 49.4 Å². The van der Waals surface area contributed by atoms with E-state index >= 15 is 0 Å². The van der Waals surface area contributed by atoms with E-state index in [2.05, 4.69) is 13.8 Å². The first-order valence-corrected chi connectivity index (χ1v) is 5.49. The number of hydrogen-bond acceptors (Lipinski definition) is 3. The van der Waals surface area contributed by atoms with Crippen molar-refractivity contribution in [3.8, 4) is 5.75 Å². The summed E-state index contributed by atoms with van der Waals surface area (Å²) in [6.45, 7) is 4.98. The van der Waals surface area contributed by atoms with Crippen molar-refractivity contribution in [2.24, 2.45) is 5.92 Å². The summed E-state index contributed by atoms with van der Waals surface area (Å²) in [5.74, 6) is 0.341. The Balaban J connectivity index is 2.42. The normalized spacial score (nSPS) is 10.4. The van der Waals surface area contributed by atoms with Crippen LogP contribution in [-0.2, 0) is 11.2 Å². The maximum absolute atomic E-state index is 10.4. The van der Waals surface area contributed by atoms with Gasteiger partial charge in [-0.3, -0.25) is 0 Å². The minimum atomic E-state index is -1.06. The van der Waals surface area contributed by atoms with E-state index in [-0.39, 0.29) is 6.42 Å². The Morgan fingerprint density at radius 2 is 1.94 bits per heavy atom. The molecule has 3 heteroatoms. The van der Waals surface area contributed by atoms with Crippen LogP contribution in [0.3, 0.4) is 0 Å². The second kappa shape index (κ2) is 6.16. The maximum atomic E-state index is 10.4. The summed E-state index contributed by atoms with van der Waals surface area (Å²) in [5.41, 5.74) is 0.733. The highest BCUT2D eigenvalue weighted by Crippen LogP contribution is 2.13. The molecule has 0 radical (unpaired) electrons. The van der Waals surface area contributed by atoms with E-state index in [1.165, 1.54) is 0 Å². The molecule has 88 valence electrons. The van der Waals surface area contributed by atoms with Crippen molar-refractivity contribution in [1.82, 2.24) is 0 Å². The minimum absolute atomic E-state index is 0.0493. The molecular weight excluding hydrogens is 204 g/mol. The van der Waals surface area contributed by atoms with Crippen molar-refractivity contribution in [3.63, 3.8) is 0 Å². The first-order valence-electron chi connectivity index (χ1n) is 5.49. The minimum Gasteiger partial charge on any atom is -0.550 e. The Bertz CT molecular complexity index is 328. The number of hydrogen-bond donors (Lipinski definition) is 0. The van der Waals surface area contributed by atoms with Gasteiger partial charge in [-0.1, -0.05) is 26.0 Å². The van der Waals surface area contributed by atoms with E-state index in [1.807, 2.05) is 0 Å². The number of carbonyl (C=O) groups is 1. The van der Waals surface area contributed by atoms with Crippen LogP contribution < -0.4 is 9.84 Å². The monoisotopic (exact) mass is 221 g/mol. The van der Waals surface area contributed by atoms with Gasteiger partial charge in [-0.2, -0.15) is 0 Å². The smallest absolute Gasteiger partial charge is 0.119 e. The van der Waals surface area contributed by atoms with Crippen LogP contribution in [0, 0.1) is 5.92 Å². The Hall–Kier alpha value is -1.51. The highest BCUT2D eigenvalue weighted by Gasteiger charge is 1.98. The van der Waals surface area contributed by atoms with Crippen LogP contribution in [-0.4, -0.2) is 12.6 Å².